The molecule has 0 spiro atoms. The van der Waals surface area contributed by atoms with Crippen molar-refractivity contribution >= 4 is 28.1 Å². The number of carbonyl (C=O) groups excluding carboxylic acids is 1. The maximum atomic E-state index is 12.2. The van der Waals surface area contributed by atoms with E-state index in [2.05, 4.69) is 17.2 Å². The lowest BCUT2D eigenvalue weighted by molar-refractivity contribution is 0.102. The molecule has 1 aromatic carbocycles. The van der Waals surface area contributed by atoms with Gasteiger partial charge < -0.3 is 11.1 Å². The van der Waals surface area contributed by atoms with Crippen LogP contribution in [0.3, 0.4) is 0 Å². The number of anilines is 2. The molecule has 100 valence electrons. The molecular formula is C14H17N3OS. The number of benzene rings is 1. The van der Waals surface area contributed by atoms with Crippen LogP contribution in [0.1, 0.15) is 34.3 Å². The van der Waals surface area contributed by atoms with Gasteiger partial charge in [-0.15, -0.1) is 0 Å². The minimum absolute atomic E-state index is 0.143. The van der Waals surface area contributed by atoms with Crippen LogP contribution in [-0.2, 0) is 6.42 Å². The average molecular weight is 275 g/mol. The molecular weight excluding hydrogens is 258 g/mol. The molecule has 1 heterocycles. The summed E-state index contributed by atoms with van der Waals surface area (Å²) in [5.41, 5.74) is 8.30. The Bertz CT molecular complexity index is 592. The molecule has 0 fully saturated rings. The van der Waals surface area contributed by atoms with Gasteiger partial charge in [-0.05, 0) is 25.0 Å². The van der Waals surface area contributed by atoms with Crippen LogP contribution < -0.4 is 11.1 Å². The Morgan fingerprint density at radius 1 is 1.42 bits per heavy atom. The molecule has 0 saturated heterocycles. The van der Waals surface area contributed by atoms with Crippen LogP contribution in [-0.4, -0.2) is 10.9 Å². The van der Waals surface area contributed by atoms with Crippen molar-refractivity contribution in [3.8, 4) is 0 Å². The van der Waals surface area contributed by atoms with E-state index in [1.165, 1.54) is 11.3 Å². The third-order valence-corrected chi connectivity index (χ3v) is 3.79. The summed E-state index contributed by atoms with van der Waals surface area (Å²) in [6.45, 7) is 3.91. The van der Waals surface area contributed by atoms with Crippen molar-refractivity contribution in [2.75, 3.05) is 11.1 Å². The number of aryl methyl sites for hydroxylation is 2. The first-order valence-corrected chi connectivity index (χ1v) is 7.05. The third-order valence-electron chi connectivity index (χ3n) is 2.80. The van der Waals surface area contributed by atoms with E-state index in [0.29, 0.717) is 15.7 Å². The summed E-state index contributed by atoms with van der Waals surface area (Å²) in [6.07, 6.45) is 1.99. The van der Waals surface area contributed by atoms with Gasteiger partial charge in [0.2, 0.25) is 0 Å². The number of aromatic nitrogens is 1. The zero-order valence-corrected chi connectivity index (χ0v) is 11.9. The summed E-state index contributed by atoms with van der Waals surface area (Å²) in [6, 6.07) is 7.86. The van der Waals surface area contributed by atoms with Gasteiger partial charge in [-0.2, -0.15) is 0 Å². The molecule has 0 aliphatic rings. The fraction of sp³-hybridized carbons (Fsp3) is 0.286. The number of amides is 1. The first kappa shape index (κ1) is 13.5. The summed E-state index contributed by atoms with van der Waals surface area (Å²) in [7, 11) is 0. The smallest absolute Gasteiger partial charge is 0.267 e. The molecule has 0 radical (unpaired) electrons. The maximum Gasteiger partial charge on any atom is 0.267 e. The lowest BCUT2D eigenvalue weighted by Gasteiger charge is -2.09. The molecule has 0 atom stereocenters. The predicted octanol–water partition coefficient (Wildman–Crippen LogP) is 3.24. The molecule has 0 bridgehead atoms. The van der Waals surface area contributed by atoms with Gasteiger partial charge in [-0.1, -0.05) is 42.9 Å². The fourth-order valence-corrected chi connectivity index (χ4v) is 2.67. The minimum Gasteiger partial charge on any atom is -0.375 e. The van der Waals surface area contributed by atoms with E-state index in [1.807, 2.05) is 24.3 Å². The highest BCUT2D eigenvalue weighted by atomic mass is 32.1. The van der Waals surface area contributed by atoms with Gasteiger partial charge >= 0.3 is 0 Å². The van der Waals surface area contributed by atoms with E-state index in [1.54, 1.807) is 6.92 Å². The van der Waals surface area contributed by atoms with Gasteiger partial charge in [0.15, 0.2) is 5.13 Å². The highest BCUT2D eigenvalue weighted by molar-refractivity contribution is 7.17. The Kier molecular flexibility index (Phi) is 4.16. The summed E-state index contributed by atoms with van der Waals surface area (Å²) in [4.78, 5) is 16.8. The number of hydrogen-bond acceptors (Lipinski definition) is 4. The second-order valence-electron chi connectivity index (χ2n) is 4.33. The minimum atomic E-state index is -0.143. The molecule has 1 amide bonds. The topological polar surface area (TPSA) is 68.0 Å². The molecule has 19 heavy (non-hydrogen) atoms. The first-order valence-electron chi connectivity index (χ1n) is 6.24. The number of nitrogens with two attached hydrogens (primary N) is 1. The molecule has 5 heteroatoms. The number of thiazole rings is 1. The molecule has 2 aromatic rings. The lowest BCUT2D eigenvalue weighted by Crippen LogP contribution is -2.13. The SMILES string of the molecule is CCCc1ccccc1NC(=O)c1sc(N)nc1C. The van der Waals surface area contributed by atoms with Crippen molar-refractivity contribution < 1.29 is 4.79 Å². The van der Waals surface area contributed by atoms with Crippen molar-refractivity contribution in [1.29, 1.82) is 0 Å². The molecule has 0 unspecified atom stereocenters. The number of rotatable bonds is 4. The van der Waals surface area contributed by atoms with Gasteiger partial charge in [0.1, 0.15) is 4.88 Å². The standard InChI is InChI=1S/C14H17N3OS/c1-3-6-10-7-4-5-8-11(10)17-13(18)12-9(2)16-14(15)19-12/h4-5,7-8H,3,6H2,1-2H3,(H2,15,16)(H,17,18). The van der Waals surface area contributed by atoms with Crippen molar-refractivity contribution in [2.24, 2.45) is 0 Å². The van der Waals surface area contributed by atoms with Gasteiger partial charge in [-0.25, -0.2) is 4.98 Å². The van der Waals surface area contributed by atoms with Crippen molar-refractivity contribution in [3.05, 3.63) is 40.4 Å². The van der Waals surface area contributed by atoms with E-state index in [4.69, 9.17) is 5.73 Å². The Labute approximate surface area is 116 Å². The largest absolute Gasteiger partial charge is 0.375 e. The highest BCUT2D eigenvalue weighted by Crippen LogP contribution is 2.23. The number of para-hydroxylation sites is 1. The monoisotopic (exact) mass is 275 g/mol. The zero-order valence-electron chi connectivity index (χ0n) is 11.1. The Morgan fingerprint density at radius 3 is 2.79 bits per heavy atom. The lowest BCUT2D eigenvalue weighted by atomic mass is 10.1. The Balaban J connectivity index is 2.21. The van der Waals surface area contributed by atoms with Crippen LogP contribution in [0.15, 0.2) is 24.3 Å². The van der Waals surface area contributed by atoms with Crippen LogP contribution in [0.4, 0.5) is 10.8 Å². The van der Waals surface area contributed by atoms with E-state index in [0.717, 1.165) is 24.1 Å². The molecule has 0 aliphatic carbocycles. The quantitative estimate of drug-likeness (QED) is 0.900. The number of hydrogen-bond donors (Lipinski definition) is 2. The number of carbonyl (C=O) groups is 1. The van der Waals surface area contributed by atoms with Crippen molar-refractivity contribution in [1.82, 2.24) is 4.98 Å². The summed E-state index contributed by atoms with van der Waals surface area (Å²) in [5, 5.41) is 3.36. The zero-order chi connectivity index (χ0) is 13.8. The van der Waals surface area contributed by atoms with Crippen LogP contribution >= 0.6 is 11.3 Å². The Morgan fingerprint density at radius 2 is 2.16 bits per heavy atom. The molecule has 2 rings (SSSR count). The van der Waals surface area contributed by atoms with E-state index < -0.39 is 0 Å². The maximum absolute atomic E-state index is 12.2. The number of nitrogens with one attached hydrogen (secondary N) is 1. The van der Waals surface area contributed by atoms with Gasteiger partial charge in [0, 0.05) is 5.69 Å². The van der Waals surface area contributed by atoms with Crippen LogP contribution in [0, 0.1) is 6.92 Å². The van der Waals surface area contributed by atoms with Gasteiger partial charge in [0.05, 0.1) is 5.69 Å². The van der Waals surface area contributed by atoms with E-state index in [9.17, 15) is 4.79 Å². The molecule has 3 N–H and O–H groups in total. The summed E-state index contributed by atoms with van der Waals surface area (Å²) < 4.78 is 0. The normalized spacial score (nSPS) is 10.4. The van der Waals surface area contributed by atoms with Crippen LogP contribution in [0.2, 0.25) is 0 Å². The molecule has 1 aromatic heterocycles. The van der Waals surface area contributed by atoms with Crippen molar-refractivity contribution in [3.63, 3.8) is 0 Å². The average Bonchev–Trinajstić information content (AvgIpc) is 2.71. The summed E-state index contributed by atoms with van der Waals surface area (Å²) in [5.74, 6) is -0.143. The third kappa shape index (κ3) is 3.12. The van der Waals surface area contributed by atoms with E-state index >= 15 is 0 Å². The van der Waals surface area contributed by atoms with Gasteiger partial charge in [0.25, 0.3) is 5.91 Å². The second-order valence-corrected chi connectivity index (χ2v) is 5.36. The van der Waals surface area contributed by atoms with Crippen molar-refractivity contribution in [2.45, 2.75) is 26.7 Å². The van der Waals surface area contributed by atoms with Crippen LogP contribution in [0.5, 0.6) is 0 Å². The molecule has 4 nitrogen and oxygen atoms in total. The van der Waals surface area contributed by atoms with Gasteiger partial charge in [-0.3, -0.25) is 4.79 Å². The molecule has 0 aliphatic heterocycles. The first-order chi connectivity index (χ1) is 9.11. The fourth-order valence-electron chi connectivity index (χ4n) is 1.94. The second kappa shape index (κ2) is 5.84. The molecule has 0 saturated carbocycles. The highest BCUT2D eigenvalue weighted by Gasteiger charge is 2.15. The number of nitrogen functional groups attached to an aromatic ring is 1. The Hall–Kier alpha value is -1.88. The predicted molar refractivity (Wildman–Crippen MR) is 79.7 cm³/mol. The summed E-state index contributed by atoms with van der Waals surface area (Å²) >= 11 is 1.22. The van der Waals surface area contributed by atoms with Crippen LogP contribution in [0.25, 0.3) is 0 Å². The number of nitrogens with zero attached hydrogens (tertiary/aromatic N) is 1. The van der Waals surface area contributed by atoms with E-state index in [-0.39, 0.29) is 5.91 Å².